The second-order valence-corrected chi connectivity index (χ2v) is 12.9. The number of aromatic amines is 1. The molecule has 29 heteroatoms. The van der Waals surface area contributed by atoms with Gasteiger partial charge in [0.05, 0.1) is 37.0 Å². The topological polar surface area (TPSA) is 379 Å². The first-order valence-corrected chi connectivity index (χ1v) is 19.9. The molecule has 0 atom stereocenters. The van der Waals surface area contributed by atoms with Gasteiger partial charge < -0.3 is 76.8 Å². The molecule has 0 fully saturated rings. The summed E-state index contributed by atoms with van der Waals surface area (Å²) in [5, 5.41) is 0. The first-order valence-electron chi connectivity index (χ1n) is 19.4. The molecule has 0 radical (unpaired) electrons. The van der Waals surface area contributed by atoms with E-state index in [4.69, 9.17) is 53.5 Å². The average molecular weight is 977 g/mol. The quantitative estimate of drug-likeness (QED) is 0.0361. The summed E-state index contributed by atoms with van der Waals surface area (Å²) in [5.74, 6) is 0.796. The number of ether oxygens (including phenoxy) is 4. The second kappa shape index (κ2) is 29.0. The molecular formula is C40H39ClN20Na2O6. The van der Waals surface area contributed by atoms with Crippen molar-refractivity contribution in [2.45, 2.75) is 6.73 Å². The molecule has 2 aromatic carbocycles. The molecule has 8 heterocycles. The molecule has 0 unspecified atom stereocenters. The molecule has 10 rings (SSSR count). The van der Waals surface area contributed by atoms with E-state index in [1.165, 1.54) is 44.3 Å². The van der Waals surface area contributed by atoms with Gasteiger partial charge in [-0.25, -0.2) is 49.5 Å². The van der Waals surface area contributed by atoms with E-state index in [2.05, 4.69) is 74.8 Å². The van der Waals surface area contributed by atoms with E-state index in [-0.39, 0.29) is 104 Å². The number of hydrogen-bond donors (Lipinski definition) is 5. The number of H-pyrrole nitrogens is 1. The van der Waals surface area contributed by atoms with Crippen molar-refractivity contribution in [3.05, 3.63) is 122 Å². The monoisotopic (exact) mass is 976 g/mol. The summed E-state index contributed by atoms with van der Waals surface area (Å²) >= 11 is 5.27. The Morgan fingerprint density at radius 3 is 1.58 bits per heavy atom. The molecule has 0 aliphatic heterocycles. The van der Waals surface area contributed by atoms with Gasteiger partial charge in [0.15, 0.2) is 22.9 Å². The molecule has 0 saturated carbocycles. The van der Waals surface area contributed by atoms with Crippen LogP contribution in [-0.2, 0) is 25.7 Å². The maximum absolute atomic E-state index is 11.7. The summed E-state index contributed by atoms with van der Waals surface area (Å²) in [6, 6.07) is 17.7. The number of imidazole rings is 4. The maximum atomic E-state index is 11.7. The van der Waals surface area contributed by atoms with E-state index in [1.807, 2.05) is 12.1 Å². The predicted molar refractivity (Wildman–Crippen MR) is 242 cm³/mol. The van der Waals surface area contributed by atoms with Gasteiger partial charge >= 0.3 is 71.1 Å². The number of nitrogens with one attached hydrogen (secondary N) is 1. The van der Waals surface area contributed by atoms with Crippen LogP contribution in [-0.4, -0.2) is 114 Å². The van der Waals surface area contributed by atoms with Crippen LogP contribution in [0.4, 0.5) is 23.3 Å². The van der Waals surface area contributed by atoms with Crippen molar-refractivity contribution in [2.24, 2.45) is 0 Å². The fourth-order valence-electron chi connectivity index (χ4n) is 5.18. The number of carbonyl (C=O) groups excluding carboxylic acids is 2. The van der Waals surface area contributed by atoms with Crippen LogP contribution < -0.4 is 92.0 Å². The van der Waals surface area contributed by atoms with Crippen molar-refractivity contribution in [1.29, 1.82) is 0 Å². The summed E-state index contributed by atoms with van der Waals surface area (Å²) in [7, 11) is 0. The Bertz CT molecular complexity index is 2920. The van der Waals surface area contributed by atoms with Crippen molar-refractivity contribution in [3.8, 4) is 0 Å². The van der Waals surface area contributed by atoms with Gasteiger partial charge in [0.1, 0.15) is 61.3 Å². The number of halogens is 1. The molecule has 0 amide bonds. The summed E-state index contributed by atoms with van der Waals surface area (Å²) in [5.41, 5.74) is 27.8. The number of alkyl halides is 1. The Morgan fingerprint density at radius 2 is 1.06 bits per heavy atom. The number of anilines is 4. The Morgan fingerprint density at radius 1 is 0.565 bits per heavy atom. The minimum atomic E-state index is -0.372. The number of fused-ring (bicyclic) bond motifs is 4. The van der Waals surface area contributed by atoms with Crippen LogP contribution in [0.15, 0.2) is 111 Å². The van der Waals surface area contributed by atoms with Gasteiger partial charge in [-0.05, 0) is 36.9 Å². The van der Waals surface area contributed by atoms with E-state index in [0.717, 1.165) is 0 Å². The van der Waals surface area contributed by atoms with Gasteiger partial charge in [-0.3, -0.25) is 4.57 Å². The third-order valence-electron chi connectivity index (χ3n) is 8.33. The minimum absolute atomic E-state index is 0. The SMILES string of the molecule is Nc1ncnc2[n-]cnc12.Nc1ncnc2[n-]cnc12.Nc1ncnc2c1ncn2COCCOC(=O)c1ccccc1.Nc1ncnc2nc[nH]c12.O=C(OCCOCCl)c1ccccc1.[Na+].[Na+]. The number of hydrogen-bond acceptors (Lipinski definition) is 22. The molecule has 9 N–H and O–H groups in total. The van der Waals surface area contributed by atoms with Gasteiger partial charge in [-0.15, -0.1) is 0 Å². The number of carbonyl (C=O) groups is 2. The standard InChI is InChI=1S/C15H15N5O3.C10H11ClO3.C5H5N5.2C5H4N5.2Na/c16-13-12-14(18-8-17-13)20(9-19-12)10-22-6-7-23-15(21)11-4-2-1-3-5-11;11-8-13-6-7-14-10(12)9-4-2-1-3-5-9;3*6-4-3-5(9-1-7-3)10-2-8-4;;/h1-5,8-9H,6-7,10H2,(H2,16,17,18);1-5H,6-8H2;1-2H,(H3,6,7,8,9,10);2*1-2H,(H2-,6,7,8,9,10);;/q;;;2*-1;2*+1. The zero-order valence-electron chi connectivity index (χ0n) is 37.0. The molecule has 69 heavy (non-hydrogen) atoms. The summed E-state index contributed by atoms with van der Waals surface area (Å²) in [6.07, 6.45) is 11.4. The first kappa shape index (κ1) is 54.6. The van der Waals surface area contributed by atoms with E-state index in [0.29, 0.717) is 85.7 Å². The van der Waals surface area contributed by atoms with Gasteiger partial charge in [-0.2, -0.15) is 0 Å². The average Bonchev–Trinajstić information content (AvgIpc) is 4.21. The van der Waals surface area contributed by atoms with Crippen molar-refractivity contribution < 1.29 is 87.7 Å². The van der Waals surface area contributed by atoms with Gasteiger partial charge in [0.25, 0.3) is 0 Å². The second-order valence-electron chi connectivity index (χ2n) is 12.7. The molecule has 0 bridgehead atoms. The van der Waals surface area contributed by atoms with Crippen molar-refractivity contribution in [3.63, 3.8) is 0 Å². The fourth-order valence-corrected chi connectivity index (χ4v) is 5.29. The molecule has 10 aromatic rings. The molecule has 0 saturated heterocycles. The largest absolute Gasteiger partial charge is 1.00 e. The van der Waals surface area contributed by atoms with Crippen LogP contribution in [0.25, 0.3) is 44.7 Å². The molecule has 344 valence electrons. The number of benzene rings is 2. The van der Waals surface area contributed by atoms with E-state index < -0.39 is 0 Å². The Kier molecular flexibility index (Phi) is 22.9. The van der Waals surface area contributed by atoms with Crippen LogP contribution in [0.2, 0.25) is 0 Å². The van der Waals surface area contributed by atoms with Crippen LogP contribution in [0, 0.1) is 0 Å². The molecule has 0 aliphatic rings. The predicted octanol–water partition coefficient (Wildman–Crippen LogP) is -3.63. The number of rotatable bonds is 11. The van der Waals surface area contributed by atoms with Crippen LogP contribution in [0.1, 0.15) is 20.7 Å². The van der Waals surface area contributed by atoms with Crippen molar-refractivity contribution in [1.82, 2.24) is 79.3 Å². The van der Waals surface area contributed by atoms with Crippen molar-refractivity contribution in [2.75, 3.05) is 55.4 Å². The number of nitrogens with zero attached hydrogens (tertiary/aromatic N) is 15. The number of aromatic nitrogens is 16. The Balaban J connectivity index is 0.000000195. The van der Waals surface area contributed by atoms with Crippen molar-refractivity contribution >= 4 is 91.5 Å². The number of nitrogen functional groups attached to an aromatic ring is 4. The Labute approximate surface area is 439 Å². The van der Waals surface area contributed by atoms with E-state index in [1.54, 1.807) is 59.4 Å². The van der Waals surface area contributed by atoms with Crippen LogP contribution in [0.3, 0.4) is 0 Å². The van der Waals surface area contributed by atoms with E-state index >= 15 is 0 Å². The summed E-state index contributed by atoms with van der Waals surface area (Å²) < 4.78 is 22.0. The van der Waals surface area contributed by atoms with Gasteiger partial charge in [0, 0.05) is 35.0 Å². The normalized spacial score (nSPS) is 10.1. The van der Waals surface area contributed by atoms with Crippen LogP contribution in [0.5, 0.6) is 0 Å². The fraction of sp³-hybridized carbons (Fsp3) is 0.150. The molecule has 0 aliphatic carbocycles. The molecular weight excluding hydrogens is 938 g/mol. The maximum Gasteiger partial charge on any atom is 1.00 e. The summed E-state index contributed by atoms with van der Waals surface area (Å²) in [6.45, 7) is 1.20. The third kappa shape index (κ3) is 16.3. The number of nitrogens with two attached hydrogens (primary N) is 4. The molecule has 8 aromatic heterocycles. The summed E-state index contributed by atoms with van der Waals surface area (Å²) in [4.78, 5) is 80.1. The smallest absolute Gasteiger partial charge is 0.460 e. The van der Waals surface area contributed by atoms with Crippen LogP contribution >= 0.6 is 11.6 Å². The van der Waals surface area contributed by atoms with E-state index in [9.17, 15) is 9.59 Å². The zero-order chi connectivity index (χ0) is 47.2. The number of esters is 2. The Hall–Kier alpha value is -7.01. The minimum Gasteiger partial charge on any atom is -0.460 e. The van der Waals surface area contributed by atoms with Gasteiger partial charge in [-0.1, -0.05) is 48.0 Å². The zero-order valence-corrected chi connectivity index (χ0v) is 41.7. The van der Waals surface area contributed by atoms with Gasteiger partial charge in [0.2, 0.25) is 0 Å². The third-order valence-corrected chi connectivity index (χ3v) is 8.48. The molecule has 0 spiro atoms. The first-order chi connectivity index (χ1) is 32.7. The molecule has 26 nitrogen and oxygen atoms in total.